The van der Waals surface area contributed by atoms with E-state index in [-0.39, 0.29) is 27.6 Å². The van der Waals surface area contributed by atoms with Gasteiger partial charge >= 0.3 is 12.2 Å². The van der Waals surface area contributed by atoms with Crippen LogP contribution in [0.1, 0.15) is 17.4 Å². The van der Waals surface area contributed by atoms with Crippen LogP contribution >= 0.6 is 0 Å². The fraction of sp³-hybridized carbons (Fsp3) is 0.381. The average Bonchev–Trinajstić information content (AvgIpc) is 3.00. The van der Waals surface area contributed by atoms with Crippen molar-refractivity contribution in [3.63, 3.8) is 0 Å². The number of fused-ring (bicyclic) bond motifs is 1. The SMILES string of the molecule is Cc1c([C@H](NC(=O)Nc2cnc(N3CC4(COC4)C3)nc2)C(F)(F)F)oc2ccc(F)cc12. The fourth-order valence-electron chi connectivity index (χ4n) is 4.11. The fourth-order valence-corrected chi connectivity index (χ4v) is 4.11. The zero-order chi connectivity index (χ0) is 23.4. The summed E-state index contributed by atoms with van der Waals surface area (Å²) in [6, 6.07) is -0.140. The molecule has 1 atom stereocenters. The molecule has 4 heterocycles. The molecule has 5 rings (SSSR count). The highest BCUT2D eigenvalue weighted by Gasteiger charge is 2.50. The van der Waals surface area contributed by atoms with Crippen molar-refractivity contribution in [2.75, 3.05) is 36.5 Å². The number of hydrogen-bond acceptors (Lipinski definition) is 6. The lowest BCUT2D eigenvalue weighted by Gasteiger charge is -2.54. The molecule has 0 unspecified atom stereocenters. The van der Waals surface area contributed by atoms with Gasteiger partial charge in [0, 0.05) is 24.0 Å². The zero-order valence-corrected chi connectivity index (χ0v) is 17.4. The quantitative estimate of drug-likeness (QED) is 0.568. The van der Waals surface area contributed by atoms with Crippen LogP contribution in [-0.2, 0) is 4.74 Å². The van der Waals surface area contributed by atoms with Gasteiger partial charge in [-0.25, -0.2) is 19.2 Å². The van der Waals surface area contributed by atoms with Gasteiger partial charge in [0.15, 0.2) is 6.04 Å². The first-order valence-corrected chi connectivity index (χ1v) is 10.1. The highest BCUT2D eigenvalue weighted by molar-refractivity contribution is 5.89. The number of aryl methyl sites for hydroxylation is 1. The molecule has 2 aliphatic heterocycles. The first kappa shape index (κ1) is 21.4. The normalized spacial score (nSPS) is 18.0. The summed E-state index contributed by atoms with van der Waals surface area (Å²) in [5.41, 5.74) is 0.477. The van der Waals surface area contributed by atoms with Crippen LogP contribution in [0.3, 0.4) is 0 Å². The van der Waals surface area contributed by atoms with Crippen molar-refractivity contribution in [3.8, 4) is 0 Å². The van der Waals surface area contributed by atoms with Crippen LogP contribution in [0.2, 0.25) is 0 Å². The topological polar surface area (TPSA) is 92.5 Å². The number of furan rings is 1. The van der Waals surface area contributed by atoms with E-state index in [0.717, 1.165) is 25.2 Å². The molecule has 1 spiro atoms. The molecule has 0 bridgehead atoms. The molecule has 174 valence electrons. The molecule has 2 amide bonds. The number of nitrogens with zero attached hydrogens (tertiary/aromatic N) is 3. The van der Waals surface area contributed by atoms with E-state index in [2.05, 4.69) is 15.3 Å². The standard InChI is InChI=1S/C21H19F4N5O3/c1-11-14-4-12(22)2-3-15(14)33-16(11)17(21(23,24)25)29-19(31)28-13-5-26-18(27-6-13)30-7-20(8-30)9-32-10-20/h2-6,17H,7-10H2,1H3,(H2,28,29,31)/t17-/m0/s1. The van der Waals surface area contributed by atoms with E-state index < -0.39 is 29.8 Å². The van der Waals surface area contributed by atoms with E-state index in [1.807, 2.05) is 10.2 Å². The number of carbonyl (C=O) groups excluding carboxylic acids is 1. The molecule has 1 aromatic carbocycles. The van der Waals surface area contributed by atoms with Crippen molar-refractivity contribution in [3.05, 3.63) is 47.7 Å². The van der Waals surface area contributed by atoms with Crippen molar-refractivity contribution >= 4 is 28.6 Å². The summed E-state index contributed by atoms with van der Waals surface area (Å²) < 4.78 is 65.3. The van der Waals surface area contributed by atoms with Crippen LogP contribution in [0.25, 0.3) is 11.0 Å². The number of benzene rings is 1. The Balaban J connectivity index is 1.28. The minimum absolute atomic E-state index is 0.0870. The Morgan fingerprint density at radius 3 is 2.52 bits per heavy atom. The molecule has 2 saturated heterocycles. The van der Waals surface area contributed by atoms with E-state index in [1.54, 1.807) is 0 Å². The van der Waals surface area contributed by atoms with Crippen molar-refractivity contribution in [2.45, 2.75) is 19.1 Å². The molecule has 12 heteroatoms. The predicted molar refractivity (Wildman–Crippen MR) is 109 cm³/mol. The second kappa shape index (κ2) is 7.58. The second-order valence-electron chi connectivity index (χ2n) is 8.43. The van der Waals surface area contributed by atoms with Gasteiger partial charge in [0.25, 0.3) is 0 Å². The van der Waals surface area contributed by atoms with Crippen molar-refractivity contribution < 1.29 is 31.5 Å². The lowest BCUT2D eigenvalue weighted by molar-refractivity contribution is -0.158. The Bertz CT molecular complexity index is 1200. The number of urea groups is 1. The molecule has 0 radical (unpaired) electrons. The number of halogens is 4. The van der Waals surface area contributed by atoms with Crippen molar-refractivity contribution in [1.29, 1.82) is 0 Å². The first-order chi connectivity index (χ1) is 15.6. The van der Waals surface area contributed by atoms with Crippen LogP contribution in [-0.4, -0.2) is 48.5 Å². The van der Waals surface area contributed by atoms with Crippen molar-refractivity contribution in [2.24, 2.45) is 5.41 Å². The maximum Gasteiger partial charge on any atom is 0.416 e. The van der Waals surface area contributed by atoms with Crippen molar-refractivity contribution in [1.82, 2.24) is 15.3 Å². The number of carbonyl (C=O) groups is 1. The highest BCUT2D eigenvalue weighted by Crippen LogP contribution is 2.40. The van der Waals surface area contributed by atoms with Gasteiger partial charge < -0.3 is 24.7 Å². The largest absolute Gasteiger partial charge is 0.458 e. The zero-order valence-electron chi connectivity index (χ0n) is 17.4. The van der Waals surface area contributed by atoms with E-state index >= 15 is 0 Å². The van der Waals surface area contributed by atoms with Gasteiger partial charge in [0.1, 0.15) is 17.2 Å². The second-order valence-corrected chi connectivity index (χ2v) is 8.43. The van der Waals surface area contributed by atoms with Gasteiger partial charge in [-0.15, -0.1) is 0 Å². The van der Waals surface area contributed by atoms with Gasteiger partial charge in [0.2, 0.25) is 5.95 Å². The molecule has 2 aliphatic rings. The number of alkyl halides is 3. The summed E-state index contributed by atoms with van der Waals surface area (Å²) in [6.07, 6.45) is -2.21. The molecular formula is C21H19F4N5O3. The molecule has 2 aromatic heterocycles. The average molecular weight is 465 g/mol. The number of hydrogen-bond donors (Lipinski definition) is 2. The van der Waals surface area contributed by atoms with Gasteiger partial charge in [0.05, 0.1) is 36.7 Å². The Labute approximate surface area is 184 Å². The number of nitrogens with one attached hydrogen (secondary N) is 2. The summed E-state index contributed by atoms with van der Waals surface area (Å²) in [6.45, 7) is 4.34. The summed E-state index contributed by atoms with van der Waals surface area (Å²) in [4.78, 5) is 22.6. The number of amides is 2. The third-order valence-electron chi connectivity index (χ3n) is 5.85. The monoisotopic (exact) mass is 465 g/mol. The van der Waals surface area contributed by atoms with E-state index in [0.29, 0.717) is 19.2 Å². The van der Waals surface area contributed by atoms with Gasteiger partial charge in [-0.1, -0.05) is 0 Å². The molecule has 2 fully saturated rings. The minimum Gasteiger partial charge on any atom is -0.458 e. The molecule has 0 aliphatic carbocycles. The molecule has 0 saturated carbocycles. The summed E-state index contributed by atoms with van der Waals surface area (Å²) >= 11 is 0. The Hall–Kier alpha value is -3.41. The third-order valence-corrected chi connectivity index (χ3v) is 5.85. The highest BCUT2D eigenvalue weighted by atomic mass is 19.4. The van der Waals surface area contributed by atoms with Crippen LogP contribution in [0.4, 0.5) is 34.0 Å². The van der Waals surface area contributed by atoms with Gasteiger partial charge in [-0.05, 0) is 25.1 Å². The first-order valence-electron chi connectivity index (χ1n) is 10.1. The lowest BCUT2D eigenvalue weighted by atomic mass is 9.78. The molecule has 8 nitrogen and oxygen atoms in total. The Kier molecular flexibility index (Phi) is 4.92. The maximum absolute atomic E-state index is 13.8. The van der Waals surface area contributed by atoms with E-state index in [9.17, 15) is 22.4 Å². The molecular weight excluding hydrogens is 446 g/mol. The lowest BCUT2D eigenvalue weighted by Crippen LogP contribution is -2.66. The number of anilines is 2. The van der Waals surface area contributed by atoms with Crippen LogP contribution < -0.4 is 15.5 Å². The minimum atomic E-state index is -4.85. The van der Waals surface area contributed by atoms with Gasteiger partial charge in [-0.2, -0.15) is 13.2 Å². The molecule has 2 N–H and O–H groups in total. The summed E-state index contributed by atoms with van der Waals surface area (Å²) in [5.74, 6) is -0.654. The number of ether oxygens (including phenoxy) is 1. The van der Waals surface area contributed by atoms with Gasteiger partial charge in [-0.3, -0.25) is 0 Å². The smallest absolute Gasteiger partial charge is 0.416 e. The van der Waals surface area contributed by atoms with E-state index in [1.165, 1.54) is 25.4 Å². The summed E-state index contributed by atoms with van der Waals surface area (Å²) in [7, 11) is 0. The van der Waals surface area contributed by atoms with Crippen LogP contribution in [0.15, 0.2) is 35.0 Å². The molecule has 3 aromatic rings. The number of aromatic nitrogens is 2. The third kappa shape index (κ3) is 3.94. The van der Waals surface area contributed by atoms with Crippen LogP contribution in [0, 0.1) is 18.2 Å². The number of rotatable bonds is 4. The Morgan fingerprint density at radius 2 is 1.91 bits per heavy atom. The maximum atomic E-state index is 13.8. The van der Waals surface area contributed by atoms with Crippen LogP contribution in [0.5, 0.6) is 0 Å². The van der Waals surface area contributed by atoms with E-state index in [4.69, 9.17) is 9.15 Å². The molecule has 33 heavy (non-hydrogen) atoms. The predicted octanol–water partition coefficient (Wildman–Crippen LogP) is 3.93. The summed E-state index contributed by atoms with van der Waals surface area (Å²) in [5, 5.41) is 4.38. The Morgan fingerprint density at radius 1 is 1.21 bits per heavy atom.